The van der Waals surface area contributed by atoms with Crippen LogP contribution >= 0.6 is 0 Å². The number of benzene rings is 2. The van der Waals surface area contributed by atoms with Gasteiger partial charge < -0.3 is 26.2 Å². The first-order valence-corrected chi connectivity index (χ1v) is 16.2. The minimum Gasteiger partial charge on any atom is -0.383 e. The Bertz CT molecular complexity index is 1930. The van der Waals surface area contributed by atoms with Crippen LogP contribution in [0.5, 0.6) is 0 Å². The van der Waals surface area contributed by atoms with E-state index >= 15 is 0 Å². The quantitative estimate of drug-likeness (QED) is 0.0649. The number of fused-ring (bicyclic) bond motifs is 1. The van der Waals surface area contributed by atoms with E-state index in [1.165, 1.54) is 5.56 Å². The fourth-order valence-electron chi connectivity index (χ4n) is 5.88. The van der Waals surface area contributed by atoms with E-state index in [1.807, 2.05) is 73.0 Å². The van der Waals surface area contributed by atoms with Crippen molar-refractivity contribution in [3.05, 3.63) is 114 Å². The molecule has 1 fully saturated rings. The first-order chi connectivity index (χ1) is 23.9. The molecule has 5 aromatic rings. The third-order valence-electron chi connectivity index (χ3n) is 8.28. The number of aliphatic hydroxyl groups is 2. The maximum atomic E-state index is 12.1. The molecular weight excluding hydrogens is 622 g/mol. The van der Waals surface area contributed by atoms with Crippen molar-refractivity contribution in [3.8, 4) is 28.3 Å². The molecule has 254 valence electrons. The second-order valence-electron chi connectivity index (χ2n) is 11.2. The molecule has 0 amide bonds. The molecule has 0 radical (unpaired) electrons. The van der Waals surface area contributed by atoms with Crippen LogP contribution < -0.4 is 11.1 Å². The molecule has 3 aromatic heterocycles. The predicted octanol–water partition coefficient (Wildman–Crippen LogP) is 5.08. The molecule has 2 aliphatic rings. The van der Waals surface area contributed by atoms with E-state index in [0.717, 1.165) is 66.1 Å². The van der Waals surface area contributed by atoms with Crippen LogP contribution in [0, 0.1) is 0 Å². The fourth-order valence-corrected chi connectivity index (χ4v) is 5.88. The van der Waals surface area contributed by atoms with Crippen LogP contribution in [0.1, 0.15) is 32.3 Å². The van der Waals surface area contributed by atoms with E-state index in [2.05, 4.69) is 50.9 Å². The third kappa shape index (κ3) is 7.53. The van der Waals surface area contributed by atoms with Crippen LogP contribution in [0.4, 0.5) is 5.82 Å². The minimum absolute atomic E-state index is 0.131. The van der Waals surface area contributed by atoms with E-state index in [0.29, 0.717) is 17.3 Å². The zero-order valence-electron chi connectivity index (χ0n) is 27.6. The number of piperidine rings is 1. The van der Waals surface area contributed by atoms with E-state index in [4.69, 9.17) is 31.2 Å². The standard InChI is InChI=1S/C34H31N7O3.C2H6.CH4O2/c1-21-30(42)29(31(21)44-43)37-24-15-18-40(19-16-24)20-22-9-11-25(12-10-22)41-33(26-8-5-17-36-32(26)35)39-28-14-13-27(38-34(28)41)23-6-3-2-4-7-23;1-2;2-1-3/h2-14,17,24,37,43H,1,15-16,18-20H2,(H2,35,36);1-2H3;2-3H,1H2. The van der Waals surface area contributed by atoms with Crippen LogP contribution in [0.3, 0.4) is 0 Å². The topological polar surface area (TPSA) is 172 Å². The number of hydrogen-bond donors (Lipinski definition) is 5. The number of anilines is 1. The number of rotatable bonds is 8. The molecule has 2 aromatic carbocycles. The first kappa shape index (κ1) is 34.9. The van der Waals surface area contributed by atoms with E-state index in [9.17, 15) is 4.79 Å². The highest BCUT2D eigenvalue weighted by Crippen LogP contribution is 2.32. The van der Waals surface area contributed by atoms with Crippen LogP contribution in [-0.2, 0) is 16.2 Å². The number of nitrogens with zero attached hydrogens (tertiary/aromatic N) is 5. The summed E-state index contributed by atoms with van der Waals surface area (Å²) in [7, 11) is 0. The van der Waals surface area contributed by atoms with Gasteiger partial charge in [-0.2, -0.15) is 0 Å². The predicted molar refractivity (Wildman–Crippen MR) is 189 cm³/mol. The average Bonchev–Trinajstić information content (AvgIpc) is 3.52. The van der Waals surface area contributed by atoms with Gasteiger partial charge in [-0.3, -0.25) is 14.3 Å². The van der Waals surface area contributed by atoms with Crippen molar-refractivity contribution in [1.82, 2.24) is 29.7 Å². The van der Waals surface area contributed by atoms with Crippen molar-refractivity contribution in [1.29, 1.82) is 0 Å². The third-order valence-corrected chi connectivity index (χ3v) is 8.28. The number of ketones is 1. The van der Waals surface area contributed by atoms with Crippen molar-refractivity contribution in [2.75, 3.05) is 25.6 Å². The second kappa shape index (κ2) is 16.1. The summed E-state index contributed by atoms with van der Waals surface area (Å²) in [6.07, 6.45) is 3.41. The summed E-state index contributed by atoms with van der Waals surface area (Å²) in [5, 5.41) is 26.5. The normalized spacial score (nSPS) is 14.8. The summed E-state index contributed by atoms with van der Waals surface area (Å²) >= 11 is 0. The van der Waals surface area contributed by atoms with Crippen LogP contribution in [0.15, 0.2) is 109 Å². The zero-order chi connectivity index (χ0) is 34.9. The maximum Gasteiger partial charge on any atom is 0.216 e. The van der Waals surface area contributed by atoms with Crippen LogP contribution in [-0.4, -0.2) is 71.6 Å². The number of aromatic nitrogens is 4. The minimum atomic E-state index is -0.750. The highest BCUT2D eigenvalue weighted by Gasteiger charge is 2.36. The monoisotopic (exact) mass is 663 g/mol. The summed E-state index contributed by atoms with van der Waals surface area (Å²) in [5.74, 6) is 1.03. The van der Waals surface area contributed by atoms with Gasteiger partial charge in [-0.15, -0.1) is 0 Å². The molecule has 7 rings (SSSR count). The van der Waals surface area contributed by atoms with Gasteiger partial charge in [0.15, 0.2) is 11.5 Å². The summed E-state index contributed by atoms with van der Waals surface area (Å²) in [6.45, 7) is 9.42. The molecule has 0 atom stereocenters. The Hall–Kier alpha value is -5.40. The number of imidazole rings is 1. The van der Waals surface area contributed by atoms with Gasteiger partial charge in [0.05, 0.1) is 16.8 Å². The number of carbonyl (C=O) groups excluding carboxylic acids is 1. The molecular formula is C37H41N7O5. The SMILES string of the molecule is C=C1C(=O)C(NC2CCN(Cc3ccc(-n4c(-c5cccnc5N)nc5ccc(-c6ccccc6)nc54)cc3)CC2)=C1OO.CC.OCO. The number of hydrogen-bond acceptors (Lipinski definition) is 11. The molecule has 0 bridgehead atoms. The maximum absolute atomic E-state index is 12.1. The zero-order valence-corrected chi connectivity index (χ0v) is 27.6. The molecule has 0 spiro atoms. The van der Waals surface area contributed by atoms with E-state index in [1.54, 1.807) is 6.20 Å². The molecule has 4 heterocycles. The molecule has 49 heavy (non-hydrogen) atoms. The molecule has 0 unspecified atom stereocenters. The van der Waals surface area contributed by atoms with Gasteiger partial charge in [0.1, 0.15) is 23.8 Å². The fraction of sp³-hybridized carbons (Fsp3) is 0.243. The number of likely N-dealkylation sites (tertiary alicyclic amines) is 1. The first-order valence-electron chi connectivity index (χ1n) is 16.2. The molecule has 6 N–H and O–H groups in total. The van der Waals surface area contributed by atoms with Crippen molar-refractivity contribution in [2.45, 2.75) is 39.3 Å². The number of Topliss-reactive ketones (excluding diaryl/α,β-unsaturated/α-hetero) is 1. The summed E-state index contributed by atoms with van der Waals surface area (Å²) in [6, 6.07) is 26.5. The summed E-state index contributed by atoms with van der Waals surface area (Å²) in [5.41, 5.74) is 13.1. The lowest BCUT2D eigenvalue weighted by Gasteiger charge is -2.34. The van der Waals surface area contributed by atoms with Gasteiger partial charge in [-0.05, 0) is 54.8 Å². The lowest BCUT2D eigenvalue weighted by molar-refractivity contribution is -0.204. The Morgan fingerprint density at radius 3 is 2.31 bits per heavy atom. The lowest BCUT2D eigenvalue weighted by atomic mass is 9.93. The van der Waals surface area contributed by atoms with Gasteiger partial charge in [0, 0.05) is 43.1 Å². The Kier molecular flexibility index (Phi) is 11.5. The number of nitrogen functional groups attached to an aromatic ring is 1. The van der Waals surface area contributed by atoms with Gasteiger partial charge >= 0.3 is 0 Å². The van der Waals surface area contributed by atoms with Gasteiger partial charge in [0.2, 0.25) is 11.5 Å². The van der Waals surface area contributed by atoms with Crippen molar-refractivity contribution < 1.29 is 25.2 Å². The number of carbonyl (C=O) groups is 1. The van der Waals surface area contributed by atoms with Gasteiger partial charge in [-0.1, -0.05) is 62.9 Å². The summed E-state index contributed by atoms with van der Waals surface area (Å²) < 4.78 is 2.05. The Morgan fingerprint density at radius 1 is 0.959 bits per heavy atom. The second-order valence-corrected chi connectivity index (χ2v) is 11.2. The number of nitrogens with two attached hydrogens (primary N) is 1. The van der Waals surface area contributed by atoms with E-state index in [-0.39, 0.29) is 23.2 Å². The van der Waals surface area contributed by atoms with Crippen molar-refractivity contribution in [2.24, 2.45) is 0 Å². The summed E-state index contributed by atoms with van der Waals surface area (Å²) in [4.78, 5) is 33.1. The molecule has 1 saturated heterocycles. The smallest absolute Gasteiger partial charge is 0.216 e. The van der Waals surface area contributed by atoms with E-state index < -0.39 is 6.79 Å². The van der Waals surface area contributed by atoms with Crippen LogP contribution in [0.25, 0.3) is 39.5 Å². The molecule has 12 heteroatoms. The Balaban J connectivity index is 0.000000889. The van der Waals surface area contributed by atoms with Gasteiger partial charge in [0.25, 0.3) is 0 Å². The molecule has 12 nitrogen and oxygen atoms in total. The van der Waals surface area contributed by atoms with Gasteiger partial charge in [-0.25, -0.2) is 20.2 Å². The number of allylic oxidation sites excluding steroid dienone is 2. The van der Waals surface area contributed by atoms with Crippen molar-refractivity contribution >= 4 is 22.8 Å². The average molecular weight is 664 g/mol. The number of nitrogens with one attached hydrogen (secondary N) is 1. The largest absolute Gasteiger partial charge is 0.383 e. The Morgan fingerprint density at radius 2 is 1.65 bits per heavy atom. The highest BCUT2D eigenvalue weighted by atomic mass is 17.1. The molecule has 0 saturated carbocycles. The van der Waals surface area contributed by atoms with Crippen LogP contribution in [0.2, 0.25) is 0 Å². The molecule has 1 aliphatic carbocycles. The molecule has 1 aliphatic heterocycles. The van der Waals surface area contributed by atoms with Crippen molar-refractivity contribution in [3.63, 3.8) is 0 Å². The number of aliphatic hydroxyl groups excluding tert-OH is 1. The number of pyridine rings is 2. The highest BCUT2D eigenvalue weighted by molar-refractivity contribution is 6.18. The lowest BCUT2D eigenvalue weighted by Crippen LogP contribution is -2.45. The Labute approximate surface area is 284 Å².